The Morgan fingerprint density at radius 2 is 1.81 bits per heavy atom. The topological polar surface area (TPSA) is 20.3 Å². The van der Waals surface area contributed by atoms with E-state index >= 15 is 0 Å². The Labute approximate surface area is 132 Å². The number of hydrogen-bond acceptors (Lipinski definition) is 2. The molecule has 0 radical (unpaired) electrons. The van der Waals surface area contributed by atoms with Crippen molar-refractivity contribution in [3.63, 3.8) is 0 Å². The maximum atomic E-state index is 13.8. The van der Waals surface area contributed by atoms with Gasteiger partial charge in [0.25, 0.3) is 0 Å². The van der Waals surface area contributed by atoms with Gasteiger partial charge in [-0.3, -0.25) is 9.69 Å². The molecule has 0 bridgehead atoms. The number of ketones is 1. The Kier molecular flexibility index (Phi) is 5.26. The van der Waals surface area contributed by atoms with Crippen LogP contribution in [0.1, 0.15) is 28.9 Å². The summed E-state index contributed by atoms with van der Waals surface area (Å²) in [6.45, 7) is 2.14. The molecule has 0 saturated heterocycles. The predicted octanol–water partition coefficient (Wildman–Crippen LogP) is 4.46. The third-order valence-corrected chi connectivity index (χ3v) is 4.10. The van der Waals surface area contributed by atoms with Gasteiger partial charge in [0.15, 0.2) is 5.78 Å². The van der Waals surface area contributed by atoms with Gasteiger partial charge in [-0.25, -0.2) is 4.39 Å². The summed E-state index contributed by atoms with van der Waals surface area (Å²) in [5.41, 5.74) is 1.26. The summed E-state index contributed by atoms with van der Waals surface area (Å²) in [5.74, 6) is -0.221. The molecule has 2 rings (SSSR count). The molecule has 0 aliphatic carbocycles. The minimum Gasteiger partial charge on any atom is -0.293 e. The van der Waals surface area contributed by atoms with Crippen LogP contribution >= 0.6 is 15.9 Å². The van der Waals surface area contributed by atoms with Crippen LogP contribution in [-0.4, -0.2) is 24.3 Å². The van der Waals surface area contributed by atoms with E-state index in [1.54, 1.807) is 30.3 Å². The number of carbonyl (C=O) groups excluding carboxylic acids is 1. The first-order valence-corrected chi connectivity index (χ1v) is 7.52. The van der Waals surface area contributed by atoms with Crippen molar-refractivity contribution in [3.8, 4) is 0 Å². The van der Waals surface area contributed by atoms with Crippen LogP contribution in [0.3, 0.4) is 0 Å². The normalized spacial score (nSPS) is 12.4. The van der Waals surface area contributed by atoms with Crippen molar-refractivity contribution in [1.82, 2.24) is 4.90 Å². The molecule has 0 aromatic heterocycles. The quantitative estimate of drug-likeness (QED) is 0.742. The molecule has 2 nitrogen and oxygen atoms in total. The molecule has 0 spiro atoms. The SMILES string of the molecule is CC(c1ccccc1F)N(C)CC(=O)c1ccc(Br)cc1. The highest BCUT2D eigenvalue weighted by atomic mass is 79.9. The van der Waals surface area contributed by atoms with E-state index in [1.807, 2.05) is 31.0 Å². The number of hydrogen-bond donors (Lipinski definition) is 0. The number of rotatable bonds is 5. The summed E-state index contributed by atoms with van der Waals surface area (Å²) in [5, 5.41) is 0. The zero-order valence-electron chi connectivity index (χ0n) is 12.0. The van der Waals surface area contributed by atoms with Gasteiger partial charge in [-0.2, -0.15) is 0 Å². The largest absolute Gasteiger partial charge is 0.293 e. The van der Waals surface area contributed by atoms with Crippen LogP contribution in [0.5, 0.6) is 0 Å². The minimum absolute atomic E-state index is 0.0215. The van der Waals surface area contributed by atoms with Crippen molar-refractivity contribution in [2.45, 2.75) is 13.0 Å². The first-order valence-electron chi connectivity index (χ1n) is 6.72. The fourth-order valence-corrected chi connectivity index (χ4v) is 2.41. The smallest absolute Gasteiger partial charge is 0.176 e. The van der Waals surface area contributed by atoms with Crippen molar-refractivity contribution in [2.75, 3.05) is 13.6 Å². The second kappa shape index (κ2) is 6.96. The number of halogens is 2. The van der Waals surface area contributed by atoms with Crippen molar-refractivity contribution in [3.05, 3.63) is 69.9 Å². The Morgan fingerprint density at radius 1 is 1.19 bits per heavy atom. The van der Waals surface area contributed by atoms with Crippen LogP contribution in [-0.2, 0) is 0 Å². The average Bonchev–Trinajstić information content (AvgIpc) is 2.47. The van der Waals surface area contributed by atoms with Crippen molar-refractivity contribution in [1.29, 1.82) is 0 Å². The molecule has 0 aliphatic heterocycles. The van der Waals surface area contributed by atoms with Gasteiger partial charge in [0.2, 0.25) is 0 Å². The Balaban J connectivity index is 2.07. The summed E-state index contributed by atoms with van der Waals surface area (Å²) in [4.78, 5) is 14.1. The van der Waals surface area contributed by atoms with E-state index in [0.29, 0.717) is 11.1 Å². The molecule has 110 valence electrons. The summed E-state index contributed by atoms with van der Waals surface area (Å²) in [6.07, 6.45) is 0. The highest BCUT2D eigenvalue weighted by Crippen LogP contribution is 2.22. The molecule has 1 atom stereocenters. The lowest BCUT2D eigenvalue weighted by Gasteiger charge is -2.24. The summed E-state index contributed by atoms with van der Waals surface area (Å²) in [6, 6.07) is 13.8. The Bertz CT molecular complexity index is 627. The van der Waals surface area contributed by atoms with Gasteiger partial charge < -0.3 is 0 Å². The number of carbonyl (C=O) groups is 1. The fourth-order valence-electron chi connectivity index (χ4n) is 2.14. The number of benzene rings is 2. The van der Waals surface area contributed by atoms with E-state index in [1.165, 1.54) is 6.07 Å². The monoisotopic (exact) mass is 349 g/mol. The van der Waals surface area contributed by atoms with Gasteiger partial charge >= 0.3 is 0 Å². The first kappa shape index (κ1) is 15.9. The number of likely N-dealkylation sites (N-methyl/N-ethyl adjacent to an activating group) is 1. The lowest BCUT2D eigenvalue weighted by molar-refractivity contribution is 0.0923. The second-order valence-electron chi connectivity index (χ2n) is 5.04. The molecule has 0 amide bonds. The maximum absolute atomic E-state index is 13.8. The Hall–Kier alpha value is -1.52. The van der Waals surface area contributed by atoms with Crippen LogP contribution in [0.15, 0.2) is 53.0 Å². The van der Waals surface area contributed by atoms with Crippen LogP contribution in [0.4, 0.5) is 4.39 Å². The zero-order valence-corrected chi connectivity index (χ0v) is 13.6. The van der Waals surface area contributed by atoms with E-state index in [0.717, 1.165) is 4.47 Å². The van der Waals surface area contributed by atoms with Crippen LogP contribution in [0, 0.1) is 5.82 Å². The average molecular weight is 350 g/mol. The first-order chi connectivity index (χ1) is 9.99. The van der Waals surface area contributed by atoms with Crippen LogP contribution < -0.4 is 0 Å². The Morgan fingerprint density at radius 3 is 2.43 bits per heavy atom. The van der Waals surface area contributed by atoms with Gasteiger partial charge in [0, 0.05) is 21.6 Å². The van der Waals surface area contributed by atoms with Crippen molar-refractivity contribution < 1.29 is 9.18 Å². The third-order valence-electron chi connectivity index (χ3n) is 3.58. The molecule has 0 N–H and O–H groups in total. The molecule has 4 heteroatoms. The minimum atomic E-state index is -0.243. The molecular weight excluding hydrogens is 333 g/mol. The van der Waals surface area contributed by atoms with Crippen LogP contribution in [0.25, 0.3) is 0 Å². The lowest BCUT2D eigenvalue weighted by atomic mass is 10.1. The van der Waals surface area contributed by atoms with Gasteiger partial charge in [-0.15, -0.1) is 0 Å². The zero-order chi connectivity index (χ0) is 15.4. The van der Waals surface area contributed by atoms with E-state index in [2.05, 4.69) is 15.9 Å². The highest BCUT2D eigenvalue weighted by molar-refractivity contribution is 9.10. The molecule has 0 fully saturated rings. The van der Waals surface area contributed by atoms with Crippen LogP contribution in [0.2, 0.25) is 0 Å². The molecular formula is C17H17BrFNO. The van der Waals surface area contributed by atoms with E-state index in [9.17, 15) is 9.18 Å². The van der Waals surface area contributed by atoms with E-state index < -0.39 is 0 Å². The molecule has 0 heterocycles. The molecule has 1 unspecified atom stereocenters. The summed E-state index contributed by atoms with van der Waals surface area (Å²) in [7, 11) is 1.83. The molecule has 2 aromatic rings. The standard InChI is InChI=1S/C17H17BrFNO/c1-12(15-5-3-4-6-16(15)19)20(2)11-17(21)13-7-9-14(18)10-8-13/h3-10,12H,11H2,1-2H3. The third kappa shape index (κ3) is 3.99. The maximum Gasteiger partial charge on any atom is 0.176 e. The van der Waals surface area contributed by atoms with Gasteiger partial charge in [0.05, 0.1) is 6.54 Å². The van der Waals surface area contributed by atoms with Crippen molar-refractivity contribution in [2.24, 2.45) is 0 Å². The van der Waals surface area contributed by atoms with Gasteiger partial charge in [-0.05, 0) is 32.2 Å². The molecule has 21 heavy (non-hydrogen) atoms. The molecule has 0 aliphatic rings. The summed E-state index contributed by atoms with van der Waals surface area (Å²) < 4.78 is 14.7. The molecule has 2 aromatic carbocycles. The fraction of sp³-hybridized carbons (Fsp3) is 0.235. The lowest BCUT2D eigenvalue weighted by Crippen LogP contribution is -2.29. The van der Waals surface area contributed by atoms with E-state index in [-0.39, 0.29) is 24.2 Å². The molecule has 0 saturated carbocycles. The number of Topliss-reactive ketones (excluding diaryl/α,β-unsaturated/α-hetero) is 1. The summed E-state index contributed by atoms with van der Waals surface area (Å²) >= 11 is 3.34. The second-order valence-corrected chi connectivity index (χ2v) is 5.96. The van der Waals surface area contributed by atoms with Crippen molar-refractivity contribution >= 4 is 21.7 Å². The number of nitrogens with zero attached hydrogens (tertiary/aromatic N) is 1. The highest BCUT2D eigenvalue weighted by Gasteiger charge is 2.18. The van der Waals surface area contributed by atoms with E-state index in [4.69, 9.17) is 0 Å². The van der Waals surface area contributed by atoms with Gasteiger partial charge in [-0.1, -0.05) is 46.3 Å². The predicted molar refractivity (Wildman–Crippen MR) is 85.9 cm³/mol. The van der Waals surface area contributed by atoms with Gasteiger partial charge in [0.1, 0.15) is 5.82 Å².